The molecule has 0 bridgehead atoms. The molecule has 1 atom stereocenters. The molecule has 1 N–H and O–H groups in total. The van der Waals surface area contributed by atoms with Crippen molar-refractivity contribution in [1.82, 2.24) is 5.32 Å². The third-order valence-electron chi connectivity index (χ3n) is 5.49. The van der Waals surface area contributed by atoms with Crippen LogP contribution in [0.15, 0.2) is 64.3 Å². The van der Waals surface area contributed by atoms with Crippen molar-refractivity contribution < 1.29 is 9.59 Å². The number of aliphatic imine (C=N–C) groups is 1. The molecule has 1 aromatic carbocycles. The highest BCUT2D eigenvalue weighted by Gasteiger charge is 2.34. The van der Waals surface area contributed by atoms with E-state index in [2.05, 4.69) is 31.1 Å². The highest BCUT2D eigenvalue weighted by Crippen LogP contribution is 2.39. The first-order valence-electron chi connectivity index (χ1n) is 9.49. The van der Waals surface area contributed by atoms with E-state index in [4.69, 9.17) is 0 Å². The quantitative estimate of drug-likeness (QED) is 0.814. The molecule has 1 unspecified atom stereocenters. The molecule has 0 saturated heterocycles. The number of carbonyl (C=O) groups is 2. The van der Waals surface area contributed by atoms with Crippen molar-refractivity contribution in [2.75, 3.05) is 0 Å². The summed E-state index contributed by atoms with van der Waals surface area (Å²) >= 11 is 0. The molecule has 0 spiro atoms. The normalized spacial score (nSPS) is 23.1. The number of hydrogen-bond acceptors (Lipinski definition) is 2. The predicted octanol–water partition coefficient (Wildman–Crippen LogP) is 4.25. The van der Waals surface area contributed by atoms with Crippen molar-refractivity contribution >= 4 is 17.5 Å². The molecule has 0 fully saturated rings. The van der Waals surface area contributed by atoms with Crippen LogP contribution in [0.4, 0.5) is 0 Å². The van der Waals surface area contributed by atoms with Crippen molar-refractivity contribution in [2.45, 2.75) is 45.4 Å². The number of amides is 2. The standard InChI is InChI=1S/C23H24N2O2/c1-23(2,3)15-9-7-14(8-10-15)21(26)24-16-11-12-18-17-5-4-6-19(17)22(27)25-20(18)13-16/h7-13,18H,4-6H2,1-3H3,(H,25,27). The van der Waals surface area contributed by atoms with Gasteiger partial charge in [0.15, 0.2) is 0 Å². The van der Waals surface area contributed by atoms with Gasteiger partial charge >= 0.3 is 0 Å². The van der Waals surface area contributed by atoms with Crippen molar-refractivity contribution in [3.8, 4) is 0 Å². The Hall–Kier alpha value is -2.75. The van der Waals surface area contributed by atoms with Crippen LogP contribution in [0.1, 0.15) is 56.0 Å². The minimum atomic E-state index is -0.270. The van der Waals surface area contributed by atoms with Crippen LogP contribution < -0.4 is 5.32 Å². The van der Waals surface area contributed by atoms with Gasteiger partial charge in [0.25, 0.3) is 11.8 Å². The van der Waals surface area contributed by atoms with Crippen LogP contribution in [-0.4, -0.2) is 17.5 Å². The summed E-state index contributed by atoms with van der Waals surface area (Å²) in [5.74, 6) is -0.141. The molecule has 1 aromatic rings. The third-order valence-corrected chi connectivity index (χ3v) is 5.49. The Balaban J connectivity index is 1.57. The van der Waals surface area contributed by atoms with E-state index in [0.717, 1.165) is 30.5 Å². The van der Waals surface area contributed by atoms with Gasteiger partial charge in [-0.3, -0.25) is 9.59 Å². The topological polar surface area (TPSA) is 58.5 Å². The van der Waals surface area contributed by atoms with Gasteiger partial charge in [-0.25, -0.2) is 4.99 Å². The van der Waals surface area contributed by atoms with Crippen LogP contribution >= 0.6 is 0 Å². The molecule has 1 heterocycles. The number of carbonyl (C=O) groups excluding carboxylic acids is 2. The number of allylic oxidation sites excluding steroid dienone is 3. The molecule has 1 aliphatic heterocycles. The first kappa shape index (κ1) is 17.7. The molecule has 4 nitrogen and oxygen atoms in total. The monoisotopic (exact) mass is 360 g/mol. The summed E-state index contributed by atoms with van der Waals surface area (Å²) in [6.45, 7) is 6.43. The second-order valence-electron chi connectivity index (χ2n) is 8.42. The van der Waals surface area contributed by atoms with Gasteiger partial charge in [-0.2, -0.15) is 0 Å². The predicted molar refractivity (Wildman–Crippen MR) is 107 cm³/mol. The second-order valence-corrected chi connectivity index (χ2v) is 8.42. The van der Waals surface area contributed by atoms with Crippen molar-refractivity contribution in [3.63, 3.8) is 0 Å². The summed E-state index contributed by atoms with van der Waals surface area (Å²) in [7, 11) is 0. The van der Waals surface area contributed by atoms with Gasteiger partial charge in [0.1, 0.15) is 0 Å². The highest BCUT2D eigenvalue weighted by atomic mass is 16.2. The number of rotatable bonds is 1. The van der Waals surface area contributed by atoms with Gasteiger partial charge in [0.2, 0.25) is 0 Å². The zero-order valence-electron chi connectivity index (χ0n) is 16.0. The summed E-state index contributed by atoms with van der Waals surface area (Å²) in [6.07, 6.45) is 8.63. The van der Waals surface area contributed by atoms with Crippen LogP contribution in [0, 0.1) is 5.92 Å². The summed E-state index contributed by atoms with van der Waals surface area (Å²) in [6, 6.07) is 7.61. The van der Waals surface area contributed by atoms with Crippen LogP contribution in [0.2, 0.25) is 0 Å². The van der Waals surface area contributed by atoms with E-state index >= 15 is 0 Å². The number of benzene rings is 1. The zero-order valence-corrected chi connectivity index (χ0v) is 16.0. The molecule has 3 aliphatic rings. The van der Waals surface area contributed by atoms with E-state index in [1.165, 1.54) is 11.1 Å². The van der Waals surface area contributed by atoms with Crippen molar-refractivity contribution in [2.24, 2.45) is 10.9 Å². The summed E-state index contributed by atoms with van der Waals surface area (Å²) < 4.78 is 0. The Bertz CT molecular complexity index is 938. The lowest BCUT2D eigenvalue weighted by Gasteiger charge is -2.28. The highest BCUT2D eigenvalue weighted by molar-refractivity contribution is 6.14. The fourth-order valence-corrected chi connectivity index (χ4v) is 3.95. The van der Waals surface area contributed by atoms with Crippen molar-refractivity contribution in [3.05, 3.63) is 70.5 Å². The molecule has 0 saturated carbocycles. The first-order valence-corrected chi connectivity index (χ1v) is 9.49. The molecule has 4 heteroatoms. The van der Waals surface area contributed by atoms with E-state index < -0.39 is 0 Å². The van der Waals surface area contributed by atoms with Crippen LogP contribution in [0.3, 0.4) is 0 Å². The fraction of sp³-hybridized carbons (Fsp3) is 0.348. The Morgan fingerprint density at radius 1 is 1.15 bits per heavy atom. The van der Waals surface area contributed by atoms with Crippen molar-refractivity contribution in [1.29, 1.82) is 0 Å². The maximum Gasteiger partial charge on any atom is 0.277 e. The van der Waals surface area contributed by atoms with E-state index in [9.17, 15) is 9.59 Å². The molecule has 138 valence electrons. The smallest absolute Gasteiger partial charge is 0.277 e. The number of hydrogen-bond donors (Lipinski definition) is 1. The van der Waals surface area contributed by atoms with Crippen LogP contribution in [0.25, 0.3) is 0 Å². The largest absolute Gasteiger partial charge is 0.325 e. The Morgan fingerprint density at radius 2 is 1.89 bits per heavy atom. The van der Waals surface area contributed by atoms with Crippen LogP contribution in [0.5, 0.6) is 0 Å². The molecule has 4 rings (SSSR count). The van der Waals surface area contributed by atoms with Gasteiger partial charge in [0, 0.05) is 22.8 Å². The zero-order chi connectivity index (χ0) is 19.2. The maximum atomic E-state index is 12.5. The van der Waals surface area contributed by atoms with Gasteiger partial charge in [-0.1, -0.05) is 39.0 Å². The lowest BCUT2D eigenvalue weighted by molar-refractivity contribution is -0.117. The van der Waals surface area contributed by atoms with Gasteiger partial charge in [0.05, 0.1) is 5.71 Å². The molecule has 2 aliphatic carbocycles. The second kappa shape index (κ2) is 6.45. The summed E-state index contributed by atoms with van der Waals surface area (Å²) in [4.78, 5) is 29.0. The summed E-state index contributed by atoms with van der Waals surface area (Å²) in [5, 5.41) is 2.98. The number of nitrogens with one attached hydrogen (secondary N) is 1. The molecular formula is C23H24N2O2. The van der Waals surface area contributed by atoms with E-state index in [1.54, 1.807) is 0 Å². The van der Waals surface area contributed by atoms with Gasteiger partial charge in [-0.05, 0) is 60.1 Å². The molecule has 27 heavy (non-hydrogen) atoms. The lowest BCUT2D eigenvalue weighted by atomic mass is 9.85. The average molecular weight is 360 g/mol. The minimum Gasteiger partial charge on any atom is -0.325 e. The number of fused-ring (bicyclic) bond motifs is 2. The Kier molecular flexibility index (Phi) is 4.22. The van der Waals surface area contributed by atoms with Gasteiger partial charge < -0.3 is 5.32 Å². The van der Waals surface area contributed by atoms with Gasteiger partial charge in [-0.15, -0.1) is 0 Å². The van der Waals surface area contributed by atoms with Crippen LogP contribution in [-0.2, 0) is 10.2 Å². The third kappa shape index (κ3) is 3.32. The maximum absolute atomic E-state index is 12.5. The number of nitrogens with zero attached hydrogens (tertiary/aromatic N) is 1. The lowest BCUT2D eigenvalue weighted by Crippen LogP contribution is -2.35. The van der Waals surface area contributed by atoms with E-state index in [1.807, 2.05) is 42.5 Å². The fourth-order valence-electron chi connectivity index (χ4n) is 3.95. The minimum absolute atomic E-state index is 0.00347. The molecule has 2 amide bonds. The van der Waals surface area contributed by atoms with E-state index in [0.29, 0.717) is 11.3 Å². The molecular weight excluding hydrogens is 336 g/mol. The first-order chi connectivity index (χ1) is 12.8. The molecule has 0 radical (unpaired) electrons. The Morgan fingerprint density at radius 3 is 2.59 bits per heavy atom. The molecule has 0 aromatic heterocycles. The summed E-state index contributed by atoms with van der Waals surface area (Å²) in [5.41, 5.74) is 5.37. The Labute approximate surface area is 159 Å². The SMILES string of the molecule is CC(C)(C)c1ccc(C(=O)N=C2C=CC3C(=C2)NC(=O)C2=C3CCC2)cc1. The van der Waals surface area contributed by atoms with E-state index in [-0.39, 0.29) is 23.1 Å². The average Bonchev–Trinajstić information content (AvgIpc) is 3.11.